The van der Waals surface area contributed by atoms with Gasteiger partial charge < -0.3 is 20.5 Å². The number of piperidine rings is 2. The van der Waals surface area contributed by atoms with E-state index in [1.54, 1.807) is 12.3 Å². The summed E-state index contributed by atoms with van der Waals surface area (Å²) in [5, 5.41) is 9.98. The summed E-state index contributed by atoms with van der Waals surface area (Å²) in [5.74, 6) is -0.387. The van der Waals surface area contributed by atoms with Crippen LogP contribution in [0, 0.1) is 11.3 Å². The van der Waals surface area contributed by atoms with Crippen LogP contribution >= 0.6 is 0 Å². The summed E-state index contributed by atoms with van der Waals surface area (Å²) >= 11 is 0. The smallest absolute Gasteiger partial charge is 0.250 e. The number of aryl methyl sites for hydroxylation is 1. The molecule has 1 aromatic heterocycles. The van der Waals surface area contributed by atoms with Crippen LogP contribution in [0.5, 0.6) is 0 Å². The summed E-state index contributed by atoms with van der Waals surface area (Å²) in [6, 6.07) is 6.36. The molecule has 2 aliphatic rings. The number of fused-ring (bicyclic) bond motifs is 1. The number of primary amides is 1. The Morgan fingerprint density at radius 1 is 1.13 bits per heavy atom. The third-order valence-electron chi connectivity index (χ3n) is 6.59. The molecular weight excluding hydrogens is 378 g/mol. The number of nitriles is 1. The minimum absolute atomic E-state index is 0.155. The van der Waals surface area contributed by atoms with Crippen LogP contribution in [0.1, 0.15) is 60.0 Å². The normalized spacial score (nSPS) is 18.4. The first-order valence-corrected chi connectivity index (χ1v) is 10.9. The van der Waals surface area contributed by atoms with Gasteiger partial charge in [0.1, 0.15) is 6.07 Å². The van der Waals surface area contributed by atoms with Gasteiger partial charge in [-0.1, -0.05) is 6.42 Å². The molecule has 3 N–H and O–H groups in total. The van der Waals surface area contributed by atoms with Crippen LogP contribution in [-0.2, 0) is 11.2 Å². The molecule has 0 spiro atoms. The third-order valence-corrected chi connectivity index (χ3v) is 6.59. The highest BCUT2D eigenvalue weighted by molar-refractivity contribution is 6.06. The predicted octanol–water partition coefficient (Wildman–Crippen LogP) is 2.55. The summed E-state index contributed by atoms with van der Waals surface area (Å²) in [5.41, 5.74) is 7.79. The number of likely N-dealkylation sites (tertiary alicyclic amines) is 2. The number of H-pyrrole nitrogens is 1. The van der Waals surface area contributed by atoms with Gasteiger partial charge in [-0.15, -0.1) is 0 Å². The topological polar surface area (TPSA) is 106 Å². The fourth-order valence-corrected chi connectivity index (χ4v) is 4.90. The molecule has 0 unspecified atom stereocenters. The molecule has 30 heavy (non-hydrogen) atoms. The number of nitrogens with two attached hydrogens (primary N) is 1. The predicted molar refractivity (Wildman–Crippen MR) is 115 cm³/mol. The van der Waals surface area contributed by atoms with Crippen molar-refractivity contribution in [1.29, 1.82) is 5.26 Å². The lowest BCUT2D eigenvalue weighted by Crippen LogP contribution is -2.48. The second-order valence-corrected chi connectivity index (χ2v) is 8.45. The molecule has 158 valence electrons. The van der Waals surface area contributed by atoms with Crippen LogP contribution in [0.2, 0.25) is 0 Å². The van der Waals surface area contributed by atoms with Crippen molar-refractivity contribution in [1.82, 2.24) is 14.8 Å². The molecule has 0 radical (unpaired) electrons. The van der Waals surface area contributed by atoms with Gasteiger partial charge in [-0.25, -0.2) is 0 Å². The van der Waals surface area contributed by atoms with Gasteiger partial charge in [0, 0.05) is 37.1 Å². The highest BCUT2D eigenvalue weighted by atomic mass is 16.2. The van der Waals surface area contributed by atoms with Crippen LogP contribution in [0.25, 0.3) is 10.9 Å². The first-order chi connectivity index (χ1) is 14.6. The number of carbonyl (C=O) groups is 2. The Labute approximate surface area is 176 Å². The van der Waals surface area contributed by atoms with E-state index in [1.165, 1.54) is 32.4 Å². The Kier molecular flexibility index (Phi) is 6.05. The zero-order valence-electron chi connectivity index (χ0n) is 17.3. The summed E-state index contributed by atoms with van der Waals surface area (Å²) in [4.78, 5) is 32.2. The molecule has 3 heterocycles. The maximum absolute atomic E-state index is 12.8. The van der Waals surface area contributed by atoms with E-state index in [2.05, 4.69) is 16.0 Å². The number of aromatic amines is 1. The SMILES string of the molecule is N#Cc1c[nH]c2c(C(N)=O)cc(CCC(=O)N3CCC(N4CCCCC4)CC3)cc12. The number of hydrogen-bond donors (Lipinski definition) is 2. The first kappa shape index (κ1) is 20.4. The first-order valence-electron chi connectivity index (χ1n) is 10.9. The zero-order valence-corrected chi connectivity index (χ0v) is 17.3. The van der Waals surface area contributed by atoms with Crippen molar-refractivity contribution in [3.63, 3.8) is 0 Å². The van der Waals surface area contributed by atoms with Crippen molar-refractivity contribution in [2.24, 2.45) is 5.73 Å². The van der Waals surface area contributed by atoms with Gasteiger partial charge in [0.25, 0.3) is 5.91 Å². The van der Waals surface area contributed by atoms with Gasteiger partial charge in [0.15, 0.2) is 0 Å². The zero-order chi connectivity index (χ0) is 21.1. The van der Waals surface area contributed by atoms with Gasteiger partial charge in [-0.2, -0.15) is 5.26 Å². The van der Waals surface area contributed by atoms with E-state index >= 15 is 0 Å². The molecule has 2 aliphatic heterocycles. The fourth-order valence-electron chi connectivity index (χ4n) is 4.90. The lowest BCUT2D eigenvalue weighted by atomic mass is 9.98. The Hall–Kier alpha value is -2.85. The number of nitrogens with zero attached hydrogens (tertiary/aromatic N) is 3. The molecule has 0 atom stereocenters. The van der Waals surface area contributed by atoms with Gasteiger partial charge >= 0.3 is 0 Å². The van der Waals surface area contributed by atoms with E-state index in [0.717, 1.165) is 31.5 Å². The van der Waals surface area contributed by atoms with Crippen molar-refractivity contribution < 1.29 is 9.59 Å². The quantitative estimate of drug-likeness (QED) is 0.794. The molecule has 1 aromatic carbocycles. The largest absolute Gasteiger partial charge is 0.366 e. The van der Waals surface area contributed by atoms with E-state index < -0.39 is 5.91 Å². The minimum Gasteiger partial charge on any atom is -0.366 e. The monoisotopic (exact) mass is 407 g/mol. The summed E-state index contributed by atoms with van der Waals surface area (Å²) in [6.07, 6.45) is 8.55. The van der Waals surface area contributed by atoms with Gasteiger partial charge in [-0.3, -0.25) is 9.59 Å². The van der Waals surface area contributed by atoms with Gasteiger partial charge in [-0.05, 0) is 62.9 Å². The van der Waals surface area contributed by atoms with Crippen molar-refractivity contribution >= 4 is 22.7 Å². The molecule has 0 saturated carbocycles. The van der Waals surface area contributed by atoms with Crippen LogP contribution in [0.3, 0.4) is 0 Å². The standard InChI is InChI=1S/C23H29N5O2/c24-14-17-15-26-22-19(17)12-16(13-20(22)23(25)30)4-5-21(29)28-10-6-18(7-11-28)27-8-2-1-3-9-27/h12-13,15,18,26H,1-11H2,(H2,25,30). The molecule has 0 bridgehead atoms. The van der Waals surface area contributed by atoms with Crippen LogP contribution in [0.4, 0.5) is 0 Å². The van der Waals surface area contributed by atoms with E-state index in [0.29, 0.717) is 40.9 Å². The van der Waals surface area contributed by atoms with Gasteiger partial charge in [0.2, 0.25) is 5.91 Å². The average molecular weight is 408 g/mol. The van der Waals surface area contributed by atoms with Crippen LogP contribution < -0.4 is 5.73 Å². The summed E-state index contributed by atoms with van der Waals surface area (Å²) in [7, 11) is 0. The third kappa shape index (κ3) is 4.19. The van der Waals surface area contributed by atoms with E-state index in [9.17, 15) is 14.9 Å². The Morgan fingerprint density at radius 3 is 2.53 bits per heavy atom. The number of aromatic nitrogens is 1. The number of nitrogens with one attached hydrogen (secondary N) is 1. The van der Waals surface area contributed by atoms with Crippen molar-refractivity contribution in [3.05, 3.63) is 35.0 Å². The lowest BCUT2D eigenvalue weighted by molar-refractivity contribution is -0.132. The highest BCUT2D eigenvalue weighted by Crippen LogP contribution is 2.25. The van der Waals surface area contributed by atoms with E-state index in [4.69, 9.17) is 5.73 Å². The van der Waals surface area contributed by atoms with Crippen LogP contribution in [0.15, 0.2) is 18.3 Å². The summed E-state index contributed by atoms with van der Waals surface area (Å²) < 4.78 is 0. The molecule has 2 amide bonds. The molecule has 4 rings (SSSR count). The average Bonchev–Trinajstić information content (AvgIpc) is 3.20. The van der Waals surface area contributed by atoms with E-state index in [1.807, 2.05) is 11.0 Å². The van der Waals surface area contributed by atoms with E-state index in [-0.39, 0.29) is 5.91 Å². The number of rotatable bonds is 5. The molecule has 2 fully saturated rings. The Bertz CT molecular complexity index is 975. The van der Waals surface area contributed by atoms with Crippen molar-refractivity contribution in [2.75, 3.05) is 26.2 Å². The molecule has 7 nitrogen and oxygen atoms in total. The Morgan fingerprint density at radius 2 is 1.87 bits per heavy atom. The summed E-state index contributed by atoms with van der Waals surface area (Å²) in [6.45, 7) is 4.05. The molecule has 7 heteroatoms. The molecule has 0 aliphatic carbocycles. The maximum atomic E-state index is 12.8. The number of benzene rings is 1. The second kappa shape index (κ2) is 8.88. The van der Waals surface area contributed by atoms with Crippen molar-refractivity contribution in [3.8, 4) is 6.07 Å². The maximum Gasteiger partial charge on any atom is 0.250 e. The molecule has 2 aromatic rings. The van der Waals surface area contributed by atoms with Gasteiger partial charge in [0.05, 0.1) is 16.6 Å². The minimum atomic E-state index is -0.542. The molecule has 2 saturated heterocycles. The molecular formula is C23H29N5O2. The fraction of sp³-hybridized carbons (Fsp3) is 0.522. The lowest BCUT2D eigenvalue weighted by Gasteiger charge is -2.40. The van der Waals surface area contributed by atoms with Crippen molar-refractivity contribution in [2.45, 2.75) is 51.0 Å². The highest BCUT2D eigenvalue weighted by Gasteiger charge is 2.27. The number of hydrogen-bond acceptors (Lipinski definition) is 4. The Balaban J connectivity index is 1.37. The number of carbonyl (C=O) groups excluding carboxylic acids is 2. The van der Waals surface area contributed by atoms with Crippen LogP contribution in [-0.4, -0.2) is 58.8 Å². The number of amides is 2. The second-order valence-electron chi connectivity index (χ2n) is 8.45.